The highest BCUT2D eigenvalue weighted by molar-refractivity contribution is 5.82. The van der Waals surface area contributed by atoms with Crippen molar-refractivity contribution < 1.29 is 22.7 Å². The number of ether oxygens (including phenoxy) is 1. The molecule has 168 valence electrons. The lowest BCUT2D eigenvalue weighted by atomic mass is 9.97. The van der Waals surface area contributed by atoms with Gasteiger partial charge < -0.3 is 15.4 Å². The molecule has 2 N–H and O–H groups in total. The van der Waals surface area contributed by atoms with Crippen LogP contribution in [0.1, 0.15) is 38.7 Å². The molecule has 0 radical (unpaired) electrons. The van der Waals surface area contributed by atoms with Crippen molar-refractivity contribution in [3.8, 4) is 5.75 Å². The average Bonchev–Trinajstić information content (AvgIpc) is 3.21. The number of likely N-dealkylation sites (N-methyl/N-ethyl adjacent to an activating group) is 1. The Kier molecular flexibility index (Phi) is 7.29. The highest BCUT2D eigenvalue weighted by Crippen LogP contribution is 2.39. The summed E-state index contributed by atoms with van der Waals surface area (Å²) in [5, 5.41) is 6.39. The third kappa shape index (κ3) is 6.11. The van der Waals surface area contributed by atoms with Gasteiger partial charge in [0.2, 0.25) is 5.91 Å². The molecule has 5 nitrogen and oxygen atoms in total. The van der Waals surface area contributed by atoms with Gasteiger partial charge in [-0.3, -0.25) is 9.69 Å². The summed E-state index contributed by atoms with van der Waals surface area (Å²) in [6.07, 6.45) is -1.76. The van der Waals surface area contributed by atoms with Crippen molar-refractivity contribution in [2.45, 2.75) is 58.1 Å². The number of amides is 1. The molecular formula is C22H32F3N3O2. The fraction of sp³-hybridized carbons (Fsp3) is 0.682. The Labute approximate surface area is 176 Å². The summed E-state index contributed by atoms with van der Waals surface area (Å²) in [4.78, 5) is 15.0. The Morgan fingerprint density at radius 3 is 2.50 bits per heavy atom. The minimum Gasteiger partial charge on any atom is -0.406 e. The first-order chi connectivity index (χ1) is 14.1. The molecule has 1 aliphatic carbocycles. The van der Waals surface area contributed by atoms with Crippen LogP contribution in [0.15, 0.2) is 24.3 Å². The number of nitrogens with zero attached hydrogens (tertiary/aromatic N) is 1. The van der Waals surface area contributed by atoms with E-state index in [9.17, 15) is 18.0 Å². The van der Waals surface area contributed by atoms with E-state index in [2.05, 4.69) is 34.1 Å². The Balaban J connectivity index is 1.52. The van der Waals surface area contributed by atoms with Crippen molar-refractivity contribution in [1.29, 1.82) is 0 Å². The molecule has 1 saturated carbocycles. The van der Waals surface area contributed by atoms with Crippen molar-refractivity contribution in [3.05, 3.63) is 29.8 Å². The molecule has 2 aliphatic rings. The molecule has 2 fully saturated rings. The molecule has 1 aromatic carbocycles. The molecular weight excluding hydrogens is 395 g/mol. The maximum Gasteiger partial charge on any atom is 0.573 e. The van der Waals surface area contributed by atoms with E-state index in [1.54, 1.807) is 12.1 Å². The molecule has 1 heterocycles. The van der Waals surface area contributed by atoms with E-state index < -0.39 is 6.36 Å². The SMILES string of the molecule is CN[C@@H](CC(C)C)C(=O)N[C@H]1CC[C@@H]2CN(Cc3ccc(OC(F)(F)F)cc3)C[C@@H]21. The van der Waals surface area contributed by atoms with Gasteiger partial charge in [0.1, 0.15) is 5.75 Å². The number of hydrogen-bond acceptors (Lipinski definition) is 4. The predicted octanol–water partition coefficient (Wildman–Crippen LogP) is 3.55. The average molecular weight is 428 g/mol. The first-order valence-electron chi connectivity index (χ1n) is 10.7. The van der Waals surface area contributed by atoms with Crippen molar-refractivity contribution in [2.24, 2.45) is 17.8 Å². The summed E-state index contributed by atoms with van der Waals surface area (Å²) in [6, 6.07) is 6.09. The van der Waals surface area contributed by atoms with Crippen LogP contribution in [0, 0.1) is 17.8 Å². The van der Waals surface area contributed by atoms with Gasteiger partial charge in [-0.1, -0.05) is 26.0 Å². The van der Waals surface area contributed by atoms with Gasteiger partial charge >= 0.3 is 6.36 Å². The molecule has 1 amide bonds. The first kappa shape index (κ1) is 22.9. The third-order valence-electron chi connectivity index (χ3n) is 6.20. The smallest absolute Gasteiger partial charge is 0.406 e. The normalized spacial score (nSPS) is 25.4. The maximum absolute atomic E-state index is 12.7. The highest BCUT2D eigenvalue weighted by Gasteiger charge is 2.43. The zero-order valence-corrected chi connectivity index (χ0v) is 17.8. The van der Waals surface area contributed by atoms with Crippen LogP contribution in [-0.2, 0) is 11.3 Å². The highest BCUT2D eigenvalue weighted by atomic mass is 19.4. The second-order valence-corrected chi connectivity index (χ2v) is 8.97. The molecule has 0 spiro atoms. The quantitative estimate of drug-likeness (QED) is 0.666. The van der Waals surface area contributed by atoms with Crippen LogP contribution in [0.2, 0.25) is 0 Å². The number of carbonyl (C=O) groups excluding carboxylic acids is 1. The molecule has 1 saturated heterocycles. The number of halogens is 3. The Morgan fingerprint density at radius 1 is 1.20 bits per heavy atom. The van der Waals surface area contributed by atoms with Crippen LogP contribution in [0.5, 0.6) is 5.75 Å². The standard InChI is InChI=1S/C22H32F3N3O2/c1-14(2)10-20(26-3)21(29)27-19-9-6-16-12-28(13-18(16)19)11-15-4-7-17(8-5-15)30-22(23,24)25/h4-5,7-8,14,16,18-20,26H,6,9-13H2,1-3H3,(H,27,29)/t16-,18+,19+,20+/m1/s1. The summed E-state index contributed by atoms with van der Waals surface area (Å²) < 4.78 is 40.8. The number of fused-ring (bicyclic) bond motifs is 1. The molecule has 30 heavy (non-hydrogen) atoms. The molecule has 8 heteroatoms. The van der Waals surface area contributed by atoms with Crippen molar-refractivity contribution in [1.82, 2.24) is 15.5 Å². The monoisotopic (exact) mass is 427 g/mol. The second-order valence-electron chi connectivity index (χ2n) is 8.97. The van der Waals surface area contributed by atoms with Crippen LogP contribution < -0.4 is 15.4 Å². The number of hydrogen-bond donors (Lipinski definition) is 2. The van der Waals surface area contributed by atoms with E-state index in [4.69, 9.17) is 0 Å². The topological polar surface area (TPSA) is 53.6 Å². The van der Waals surface area contributed by atoms with Gasteiger partial charge in [-0.25, -0.2) is 0 Å². The van der Waals surface area contributed by atoms with E-state index in [0.29, 0.717) is 24.3 Å². The number of likely N-dealkylation sites (tertiary alicyclic amines) is 1. The predicted molar refractivity (Wildman–Crippen MR) is 109 cm³/mol. The molecule has 4 atom stereocenters. The fourth-order valence-corrected chi connectivity index (χ4v) is 4.83. The van der Waals surface area contributed by atoms with Crippen LogP contribution in [0.4, 0.5) is 13.2 Å². The molecule has 0 aromatic heterocycles. The van der Waals surface area contributed by atoms with Gasteiger partial charge in [0.15, 0.2) is 0 Å². The van der Waals surface area contributed by atoms with E-state index in [1.807, 2.05) is 7.05 Å². The van der Waals surface area contributed by atoms with Crippen LogP contribution in [0.3, 0.4) is 0 Å². The van der Waals surface area contributed by atoms with Crippen LogP contribution >= 0.6 is 0 Å². The summed E-state index contributed by atoms with van der Waals surface area (Å²) in [7, 11) is 1.83. The zero-order valence-electron chi connectivity index (χ0n) is 17.8. The van der Waals surface area contributed by atoms with Gasteiger partial charge in [0, 0.05) is 25.7 Å². The summed E-state index contributed by atoms with van der Waals surface area (Å²) in [5.74, 6) is 1.31. The number of nitrogens with one attached hydrogen (secondary N) is 2. The van der Waals surface area contributed by atoms with Gasteiger partial charge in [-0.15, -0.1) is 13.2 Å². The van der Waals surface area contributed by atoms with Crippen molar-refractivity contribution >= 4 is 5.91 Å². The minimum atomic E-state index is -4.67. The molecule has 1 aromatic rings. The maximum atomic E-state index is 12.7. The van der Waals surface area contributed by atoms with Gasteiger partial charge in [0.05, 0.1) is 6.04 Å². The zero-order chi connectivity index (χ0) is 21.9. The first-order valence-corrected chi connectivity index (χ1v) is 10.7. The number of carbonyl (C=O) groups is 1. The minimum absolute atomic E-state index is 0.0792. The Bertz CT molecular complexity index is 709. The number of rotatable bonds is 8. The Morgan fingerprint density at radius 2 is 1.90 bits per heavy atom. The van der Waals surface area contributed by atoms with E-state index >= 15 is 0 Å². The Hall–Kier alpha value is -1.80. The molecule has 0 unspecified atom stereocenters. The van der Waals surface area contributed by atoms with Crippen molar-refractivity contribution in [2.75, 3.05) is 20.1 Å². The fourth-order valence-electron chi connectivity index (χ4n) is 4.83. The van der Waals surface area contributed by atoms with Crippen LogP contribution in [0.25, 0.3) is 0 Å². The number of alkyl halides is 3. The van der Waals surface area contributed by atoms with Gasteiger partial charge in [-0.05, 0) is 61.8 Å². The largest absolute Gasteiger partial charge is 0.573 e. The van der Waals surface area contributed by atoms with Gasteiger partial charge in [0.25, 0.3) is 0 Å². The second kappa shape index (κ2) is 9.56. The van der Waals surface area contributed by atoms with Crippen LogP contribution in [-0.4, -0.2) is 49.4 Å². The number of benzene rings is 1. The summed E-state index contributed by atoms with van der Waals surface area (Å²) >= 11 is 0. The lowest BCUT2D eigenvalue weighted by molar-refractivity contribution is -0.274. The van der Waals surface area contributed by atoms with E-state index in [0.717, 1.165) is 37.9 Å². The lowest BCUT2D eigenvalue weighted by Crippen LogP contribution is -2.49. The summed E-state index contributed by atoms with van der Waals surface area (Å²) in [5.41, 5.74) is 0.956. The third-order valence-corrected chi connectivity index (χ3v) is 6.20. The molecule has 0 bridgehead atoms. The molecule has 1 aliphatic heterocycles. The summed E-state index contributed by atoms with van der Waals surface area (Å²) in [6.45, 7) is 6.76. The van der Waals surface area contributed by atoms with Gasteiger partial charge in [-0.2, -0.15) is 0 Å². The van der Waals surface area contributed by atoms with Crippen molar-refractivity contribution in [3.63, 3.8) is 0 Å². The van der Waals surface area contributed by atoms with E-state index in [1.165, 1.54) is 12.1 Å². The molecule has 3 rings (SSSR count). The van der Waals surface area contributed by atoms with E-state index in [-0.39, 0.29) is 23.7 Å². The lowest BCUT2D eigenvalue weighted by Gasteiger charge is -2.25.